The monoisotopic (exact) mass is 257 g/mol. The Morgan fingerprint density at radius 3 is 2.07 bits per heavy atom. The molecule has 0 heterocycles. The van der Waals surface area contributed by atoms with Crippen LogP contribution in [0.25, 0.3) is 0 Å². The van der Waals surface area contributed by atoms with Crippen molar-refractivity contribution in [3.05, 3.63) is 0 Å². The Balaban J connectivity index is 5.35. The Morgan fingerprint density at radius 2 is 1.73 bits per heavy atom. The van der Waals surface area contributed by atoms with Gasteiger partial charge in [-0.15, -0.1) is 0 Å². The van der Waals surface area contributed by atoms with E-state index in [4.69, 9.17) is 5.14 Å². The summed E-state index contributed by atoms with van der Waals surface area (Å²) in [4.78, 5) is 0. The Kier molecular flexibility index (Phi) is 5.79. The Labute approximate surface area is 91.9 Å². The Hall–Kier alpha value is -0.110. The highest BCUT2D eigenvalue weighted by molar-refractivity contribution is 8.20. The molecule has 0 bridgehead atoms. The van der Waals surface area contributed by atoms with Crippen LogP contribution in [0, 0.1) is 0 Å². The molecule has 0 spiro atoms. The van der Waals surface area contributed by atoms with Crippen molar-refractivity contribution < 1.29 is 17.2 Å². The second-order valence-corrected chi connectivity index (χ2v) is 7.39. The van der Waals surface area contributed by atoms with Gasteiger partial charge in [0.15, 0.2) is 0 Å². The third-order valence-electron chi connectivity index (χ3n) is 1.90. The predicted octanol–water partition coefficient (Wildman–Crippen LogP) is 0.762. The summed E-state index contributed by atoms with van der Waals surface area (Å²) in [5, 5.41) is 4.92. The van der Waals surface area contributed by atoms with E-state index in [1.807, 2.05) is 6.92 Å². The fourth-order valence-corrected chi connectivity index (χ4v) is 4.76. The van der Waals surface area contributed by atoms with E-state index in [1.54, 1.807) is 6.92 Å². The van der Waals surface area contributed by atoms with Gasteiger partial charge in [0.2, 0.25) is 10.0 Å². The van der Waals surface area contributed by atoms with E-state index in [2.05, 4.69) is 0 Å². The predicted molar refractivity (Wildman–Crippen MR) is 63.6 cm³/mol. The molecule has 0 aliphatic carbocycles. The molecule has 0 aliphatic rings. The minimum Gasteiger partial charge on any atom is -0.313 e. The van der Waals surface area contributed by atoms with Gasteiger partial charge in [-0.1, -0.05) is 26.7 Å². The van der Waals surface area contributed by atoms with Crippen LogP contribution in [0.1, 0.15) is 39.5 Å². The number of unbranched alkanes of at least 4 members (excludes halogenated alkanes) is 1. The van der Waals surface area contributed by atoms with E-state index < -0.39 is 24.0 Å². The van der Waals surface area contributed by atoms with E-state index in [-0.39, 0.29) is 12.2 Å². The summed E-state index contributed by atoms with van der Waals surface area (Å²) in [6.45, 7) is 3.60. The van der Waals surface area contributed by atoms with Crippen molar-refractivity contribution in [3.63, 3.8) is 0 Å². The molecule has 0 aromatic carbocycles. The van der Waals surface area contributed by atoms with Crippen molar-refractivity contribution in [3.8, 4) is 0 Å². The molecule has 0 radical (unpaired) electrons. The van der Waals surface area contributed by atoms with Crippen LogP contribution in [0.4, 0.5) is 0 Å². The average Bonchev–Trinajstić information content (AvgIpc) is 2.09. The van der Waals surface area contributed by atoms with Crippen LogP contribution in [-0.2, 0) is 19.8 Å². The molecule has 0 fully saturated rings. The van der Waals surface area contributed by atoms with Gasteiger partial charge < -0.3 is 4.55 Å². The molecule has 0 aliphatic heterocycles. The van der Waals surface area contributed by atoms with E-state index in [9.17, 15) is 17.2 Å². The molecule has 92 valence electrons. The van der Waals surface area contributed by atoms with E-state index >= 15 is 0 Å². The van der Waals surface area contributed by atoms with Gasteiger partial charge in [0.05, 0.1) is 9.80 Å². The summed E-state index contributed by atoms with van der Waals surface area (Å²) < 4.78 is 43.2. The van der Waals surface area contributed by atoms with Crippen LogP contribution in [0.3, 0.4) is 0 Å². The van der Waals surface area contributed by atoms with Crippen molar-refractivity contribution in [2.45, 2.75) is 39.5 Å². The highest BCUT2D eigenvalue weighted by Gasteiger charge is 2.21. The van der Waals surface area contributed by atoms with Crippen LogP contribution in [0.15, 0.2) is 0 Å². The molecular weight excluding hydrogens is 238 g/mol. The molecule has 3 N–H and O–H groups in total. The van der Waals surface area contributed by atoms with Crippen LogP contribution in [-0.4, -0.2) is 27.1 Å². The van der Waals surface area contributed by atoms with Gasteiger partial charge in [0, 0.05) is 5.75 Å². The number of hydrogen-bond acceptors (Lipinski definition) is 3. The summed E-state index contributed by atoms with van der Waals surface area (Å²) in [6.07, 6.45) is 1.78. The van der Waals surface area contributed by atoms with Gasteiger partial charge in [-0.3, -0.25) is 0 Å². The third kappa shape index (κ3) is 4.96. The first-order valence-corrected chi connectivity index (χ1v) is 8.11. The molecule has 0 aromatic rings. The van der Waals surface area contributed by atoms with E-state index in [0.717, 1.165) is 6.42 Å². The first-order valence-electron chi connectivity index (χ1n) is 4.88. The molecule has 5 nitrogen and oxygen atoms in total. The second-order valence-electron chi connectivity index (χ2n) is 3.37. The van der Waals surface area contributed by atoms with Crippen molar-refractivity contribution in [2.24, 2.45) is 5.14 Å². The van der Waals surface area contributed by atoms with Crippen LogP contribution in [0.2, 0.25) is 0 Å². The third-order valence-corrected chi connectivity index (χ3v) is 5.98. The average molecular weight is 257 g/mol. The van der Waals surface area contributed by atoms with Gasteiger partial charge in [0.25, 0.3) is 0 Å². The minimum absolute atomic E-state index is 0.0325. The van der Waals surface area contributed by atoms with Crippen molar-refractivity contribution >= 4 is 24.0 Å². The Bertz CT molecular complexity index is 404. The highest BCUT2D eigenvalue weighted by atomic mass is 32.3. The molecule has 0 saturated carbocycles. The summed E-state index contributed by atoms with van der Waals surface area (Å²) in [5.41, 5.74) is 0. The van der Waals surface area contributed by atoms with E-state index in [1.165, 1.54) is 0 Å². The minimum atomic E-state index is -4.02. The van der Waals surface area contributed by atoms with Crippen LogP contribution >= 0.6 is 0 Å². The number of primary sulfonamides is 1. The Morgan fingerprint density at radius 1 is 1.20 bits per heavy atom. The SMILES string of the molecule is CCCCS(=O)(O)=C(CCC)S(N)(=O)=O. The van der Waals surface area contributed by atoms with E-state index in [0.29, 0.717) is 12.8 Å². The van der Waals surface area contributed by atoms with Gasteiger partial charge >= 0.3 is 0 Å². The normalized spacial score (nSPS) is 16.0. The first-order chi connectivity index (χ1) is 6.75. The van der Waals surface area contributed by atoms with Gasteiger partial charge in [-0.25, -0.2) is 17.8 Å². The number of nitrogens with two attached hydrogens (primary N) is 1. The number of hydrogen-bond donors (Lipinski definition) is 2. The lowest BCUT2D eigenvalue weighted by molar-refractivity contribution is 0.555. The highest BCUT2D eigenvalue weighted by Crippen LogP contribution is 2.06. The van der Waals surface area contributed by atoms with Crippen molar-refractivity contribution in [2.75, 3.05) is 5.75 Å². The summed E-state index contributed by atoms with van der Waals surface area (Å²) >= 11 is 0. The van der Waals surface area contributed by atoms with Crippen molar-refractivity contribution in [1.29, 1.82) is 0 Å². The molecular formula is C8H19NO4S2. The molecule has 0 aromatic heterocycles. The van der Waals surface area contributed by atoms with Gasteiger partial charge in [-0.2, -0.15) is 0 Å². The van der Waals surface area contributed by atoms with Gasteiger partial charge in [-0.05, 0) is 12.8 Å². The number of rotatable bonds is 5. The lowest BCUT2D eigenvalue weighted by Gasteiger charge is -2.09. The summed E-state index contributed by atoms with van der Waals surface area (Å²) in [6, 6.07) is 0. The summed E-state index contributed by atoms with van der Waals surface area (Å²) in [5.74, 6) is -0.0325. The molecule has 1 unspecified atom stereocenters. The quantitative estimate of drug-likeness (QED) is 0.710. The zero-order valence-electron chi connectivity index (χ0n) is 9.10. The standard InChI is InChI=1S/C8H19NO4S2/c1-3-5-7-14(10,11)8(6-4-2)15(9,12)13/h3-7H2,1-2H3,(H,10,11)(H2,9,12,13). The molecule has 1 atom stereocenters. The maximum atomic E-state index is 11.7. The zero-order valence-corrected chi connectivity index (χ0v) is 10.7. The fraction of sp³-hybridized carbons (Fsp3) is 0.875. The maximum absolute atomic E-state index is 11.7. The van der Waals surface area contributed by atoms with Gasteiger partial charge in [0.1, 0.15) is 4.20 Å². The smallest absolute Gasteiger partial charge is 0.243 e. The fourth-order valence-electron chi connectivity index (χ4n) is 1.14. The molecule has 0 amide bonds. The topological polar surface area (TPSA) is 97.5 Å². The zero-order chi connectivity index (χ0) is 12.1. The lowest BCUT2D eigenvalue weighted by Crippen LogP contribution is -2.31. The second kappa shape index (κ2) is 5.83. The van der Waals surface area contributed by atoms with Crippen LogP contribution in [0.5, 0.6) is 0 Å². The van der Waals surface area contributed by atoms with Crippen LogP contribution < -0.4 is 5.14 Å². The largest absolute Gasteiger partial charge is 0.313 e. The number of sulfonamides is 1. The summed E-state index contributed by atoms with van der Waals surface area (Å²) in [7, 11) is -7.47. The lowest BCUT2D eigenvalue weighted by atomic mass is 10.4. The molecule has 0 rings (SSSR count). The molecule has 15 heavy (non-hydrogen) atoms. The van der Waals surface area contributed by atoms with Crippen molar-refractivity contribution in [1.82, 2.24) is 0 Å². The molecule has 7 heteroatoms. The first kappa shape index (κ1) is 14.9. The molecule has 0 saturated heterocycles. The maximum Gasteiger partial charge on any atom is 0.243 e.